The second-order valence-electron chi connectivity index (χ2n) is 5.11. The van der Waals surface area contributed by atoms with Crippen LogP contribution < -0.4 is 5.32 Å². The molecule has 114 valence electrons. The average Bonchev–Trinajstić information content (AvgIpc) is 2.40. The number of alkyl halides is 2. The van der Waals surface area contributed by atoms with E-state index >= 15 is 0 Å². The van der Waals surface area contributed by atoms with E-state index in [0.717, 1.165) is 0 Å². The van der Waals surface area contributed by atoms with Crippen molar-refractivity contribution in [1.82, 2.24) is 0 Å². The monoisotopic (exact) mass is 317 g/mol. The molecule has 2 rings (SSSR count). The fraction of sp³-hybridized carbons (Fsp3) is 0.429. The van der Waals surface area contributed by atoms with Crippen molar-refractivity contribution in [2.24, 2.45) is 5.92 Å². The van der Waals surface area contributed by atoms with E-state index in [-0.39, 0.29) is 42.0 Å². The molecule has 7 heteroatoms. The summed E-state index contributed by atoms with van der Waals surface area (Å²) in [6.07, 6.45) is -0.460. The van der Waals surface area contributed by atoms with Crippen LogP contribution >= 0.6 is 11.6 Å². The van der Waals surface area contributed by atoms with E-state index in [0.29, 0.717) is 0 Å². The molecule has 0 bridgehead atoms. The van der Waals surface area contributed by atoms with Crippen LogP contribution in [0.25, 0.3) is 0 Å². The third kappa shape index (κ3) is 3.91. The first-order valence-electron chi connectivity index (χ1n) is 6.50. The molecule has 0 spiro atoms. The average molecular weight is 318 g/mol. The first kappa shape index (κ1) is 15.7. The quantitative estimate of drug-likeness (QED) is 0.891. The number of carbonyl (C=O) groups is 2. The number of aromatic carboxylic acids is 1. The van der Waals surface area contributed by atoms with Crippen molar-refractivity contribution < 1.29 is 23.5 Å². The summed E-state index contributed by atoms with van der Waals surface area (Å²) in [7, 11) is 0. The van der Waals surface area contributed by atoms with Gasteiger partial charge in [-0.05, 0) is 31.0 Å². The van der Waals surface area contributed by atoms with Crippen LogP contribution in [0, 0.1) is 5.92 Å². The van der Waals surface area contributed by atoms with Crippen molar-refractivity contribution in [3.63, 3.8) is 0 Å². The number of hydrogen-bond acceptors (Lipinski definition) is 2. The number of carboxylic acids is 1. The number of benzene rings is 1. The number of anilines is 1. The minimum atomic E-state index is -2.71. The Kier molecular flexibility index (Phi) is 4.46. The van der Waals surface area contributed by atoms with E-state index in [1.807, 2.05) is 0 Å². The summed E-state index contributed by atoms with van der Waals surface area (Å²) in [5, 5.41) is 11.8. The van der Waals surface area contributed by atoms with Gasteiger partial charge in [0, 0.05) is 23.8 Å². The van der Waals surface area contributed by atoms with Crippen LogP contribution in [0.4, 0.5) is 14.5 Å². The van der Waals surface area contributed by atoms with E-state index in [4.69, 9.17) is 16.7 Å². The lowest BCUT2D eigenvalue weighted by Crippen LogP contribution is -2.32. The van der Waals surface area contributed by atoms with Gasteiger partial charge in [0.15, 0.2) is 0 Å². The second-order valence-corrected chi connectivity index (χ2v) is 5.55. The maximum atomic E-state index is 13.1. The lowest BCUT2D eigenvalue weighted by Gasteiger charge is -2.27. The molecule has 1 fully saturated rings. The predicted molar refractivity (Wildman–Crippen MR) is 73.9 cm³/mol. The lowest BCUT2D eigenvalue weighted by molar-refractivity contribution is -0.124. The molecule has 0 atom stereocenters. The zero-order valence-electron chi connectivity index (χ0n) is 11.0. The minimum Gasteiger partial charge on any atom is -0.478 e. The van der Waals surface area contributed by atoms with Crippen LogP contribution in [0.1, 0.15) is 36.0 Å². The minimum absolute atomic E-state index is 0.0921. The molecule has 0 aromatic heterocycles. The molecule has 0 unspecified atom stereocenters. The van der Waals surface area contributed by atoms with Crippen molar-refractivity contribution in [3.05, 3.63) is 28.8 Å². The normalized spacial score (nSPS) is 18.2. The lowest BCUT2D eigenvalue weighted by atomic mass is 9.86. The molecule has 1 saturated carbocycles. The maximum Gasteiger partial charge on any atom is 0.337 e. The van der Waals surface area contributed by atoms with Gasteiger partial charge in [0.25, 0.3) is 0 Å². The van der Waals surface area contributed by atoms with Crippen molar-refractivity contribution in [1.29, 1.82) is 0 Å². The molecule has 0 heterocycles. The van der Waals surface area contributed by atoms with Gasteiger partial charge >= 0.3 is 5.97 Å². The number of hydrogen-bond donors (Lipinski definition) is 2. The maximum absolute atomic E-state index is 13.1. The van der Waals surface area contributed by atoms with Gasteiger partial charge in [-0.25, -0.2) is 13.6 Å². The largest absolute Gasteiger partial charge is 0.478 e. The van der Waals surface area contributed by atoms with Crippen LogP contribution in [-0.4, -0.2) is 22.9 Å². The Morgan fingerprint density at radius 2 is 1.90 bits per heavy atom. The van der Waals surface area contributed by atoms with E-state index < -0.39 is 23.7 Å². The van der Waals surface area contributed by atoms with Crippen LogP contribution in [0.3, 0.4) is 0 Å². The van der Waals surface area contributed by atoms with E-state index in [2.05, 4.69) is 5.32 Å². The highest BCUT2D eigenvalue weighted by atomic mass is 35.5. The van der Waals surface area contributed by atoms with Crippen LogP contribution in [0.5, 0.6) is 0 Å². The molecule has 0 saturated heterocycles. The standard InChI is InChI=1S/C14H14ClF2NO3/c15-9-1-2-11(10(7-9)13(20)21)18-12(19)8-3-5-14(16,17)6-4-8/h1-2,7-8H,3-6H2,(H,18,19)(H,20,21). The summed E-state index contributed by atoms with van der Waals surface area (Å²) >= 11 is 5.72. The van der Waals surface area contributed by atoms with Crippen molar-refractivity contribution in [2.75, 3.05) is 5.32 Å². The van der Waals surface area contributed by atoms with Gasteiger partial charge in [0.05, 0.1) is 11.3 Å². The number of amides is 1. The summed E-state index contributed by atoms with van der Waals surface area (Å²) in [6.45, 7) is 0. The molecule has 1 aliphatic carbocycles. The second kappa shape index (κ2) is 5.97. The summed E-state index contributed by atoms with van der Waals surface area (Å²) in [5.41, 5.74) is -0.00813. The molecule has 1 aliphatic rings. The Balaban J connectivity index is 2.08. The Morgan fingerprint density at radius 3 is 2.48 bits per heavy atom. The Hall–Kier alpha value is -1.69. The van der Waals surface area contributed by atoms with Crippen LogP contribution in [0.15, 0.2) is 18.2 Å². The molecule has 1 aromatic rings. The third-order valence-corrected chi connectivity index (χ3v) is 3.79. The van der Waals surface area contributed by atoms with Gasteiger partial charge in [-0.3, -0.25) is 4.79 Å². The fourth-order valence-corrected chi connectivity index (χ4v) is 2.51. The number of carbonyl (C=O) groups excluding carboxylic acids is 1. The molecule has 1 amide bonds. The molecule has 0 aliphatic heterocycles. The van der Waals surface area contributed by atoms with Gasteiger partial charge in [-0.15, -0.1) is 0 Å². The Labute approximate surface area is 125 Å². The topological polar surface area (TPSA) is 66.4 Å². The number of halogens is 3. The summed E-state index contributed by atoms with van der Waals surface area (Å²) in [6, 6.07) is 4.08. The van der Waals surface area contributed by atoms with E-state index in [1.165, 1.54) is 18.2 Å². The van der Waals surface area contributed by atoms with Crippen molar-refractivity contribution in [2.45, 2.75) is 31.6 Å². The van der Waals surface area contributed by atoms with Crippen molar-refractivity contribution in [3.8, 4) is 0 Å². The predicted octanol–water partition coefficient (Wildman–Crippen LogP) is 3.80. The molecule has 21 heavy (non-hydrogen) atoms. The number of rotatable bonds is 3. The van der Waals surface area contributed by atoms with E-state index in [9.17, 15) is 18.4 Å². The summed E-state index contributed by atoms with van der Waals surface area (Å²) in [5.74, 6) is -4.89. The summed E-state index contributed by atoms with van der Waals surface area (Å²) < 4.78 is 26.1. The van der Waals surface area contributed by atoms with Gasteiger partial charge in [-0.1, -0.05) is 11.6 Å². The molecule has 1 aromatic carbocycles. The van der Waals surface area contributed by atoms with Crippen LogP contribution in [0.2, 0.25) is 5.02 Å². The first-order chi connectivity index (χ1) is 9.78. The number of carboxylic acid groups (broad SMARTS) is 1. The van der Waals surface area contributed by atoms with Gasteiger partial charge < -0.3 is 10.4 Å². The molecular weight excluding hydrogens is 304 g/mol. The first-order valence-corrected chi connectivity index (χ1v) is 6.88. The zero-order valence-corrected chi connectivity index (χ0v) is 11.8. The fourth-order valence-electron chi connectivity index (χ4n) is 2.34. The van der Waals surface area contributed by atoms with E-state index in [1.54, 1.807) is 0 Å². The highest BCUT2D eigenvalue weighted by Crippen LogP contribution is 2.36. The zero-order chi connectivity index (χ0) is 15.6. The Bertz CT molecular complexity index is 567. The van der Waals surface area contributed by atoms with Gasteiger partial charge in [0.1, 0.15) is 0 Å². The highest BCUT2D eigenvalue weighted by Gasteiger charge is 2.37. The third-order valence-electron chi connectivity index (χ3n) is 3.56. The number of nitrogens with one attached hydrogen (secondary N) is 1. The molecule has 4 nitrogen and oxygen atoms in total. The smallest absolute Gasteiger partial charge is 0.337 e. The van der Waals surface area contributed by atoms with Gasteiger partial charge in [-0.2, -0.15) is 0 Å². The summed E-state index contributed by atoms with van der Waals surface area (Å²) in [4.78, 5) is 23.2. The van der Waals surface area contributed by atoms with Gasteiger partial charge in [0.2, 0.25) is 11.8 Å². The molecule has 2 N–H and O–H groups in total. The Morgan fingerprint density at radius 1 is 1.29 bits per heavy atom. The molecule has 0 radical (unpaired) electrons. The molecular formula is C14H14ClF2NO3. The van der Waals surface area contributed by atoms with Crippen LogP contribution in [-0.2, 0) is 4.79 Å². The SMILES string of the molecule is O=C(O)c1cc(Cl)ccc1NC(=O)C1CCC(F)(F)CC1. The highest BCUT2D eigenvalue weighted by molar-refractivity contribution is 6.31. The van der Waals surface area contributed by atoms with Crippen molar-refractivity contribution >= 4 is 29.2 Å².